The zero-order chi connectivity index (χ0) is 18.6. The number of rotatable bonds is 6. The largest absolute Gasteiger partial charge is 0.370 e. The second kappa shape index (κ2) is 8.05. The van der Waals surface area contributed by atoms with Gasteiger partial charge in [-0.1, -0.05) is 36.4 Å². The Balaban J connectivity index is 1.60. The Hall–Kier alpha value is -2.12. The van der Waals surface area contributed by atoms with Gasteiger partial charge in [-0.2, -0.15) is 0 Å². The lowest BCUT2D eigenvalue weighted by atomic mass is 9.82. The number of nitrogens with zero attached hydrogens (tertiary/aromatic N) is 1. The standard InChI is InChI=1S/C19H26N4O2S/c20-19(21)22-12-14-8-10-15(11-9-14)13-23-26(24,25)18-7-3-5-16-4-1-2-6-17(16)18/h1-7,14-15,23H,8-13H2,(H4,20,21,22). The third kappa shape index (κ3) is 4.53. The summed E-state index contributed by atoms with van der Waals surface area (Å²) >= 11 is 0. The van der Waals surface area contributed by atoms with E-state index < -0.39 is 10.0 Å². The van der Waals surface area contributed by atoms with E-state index in [0.29, 0.717) is 29.8 Å². The highest BCUT2D eigenvalue weighted by Gasteiger charge is 2.24. The molecule has 0 amide bonds. The van der Waals surface area contributed by atoms with Gasteiger partial charge in [0.25, 0.3) is 0 Å². The van der Waals surface area contributed by atoms with Crippen molar-refractivity contribution in [2.24, 2.45) is 28.3 Å². The first kappa shape index (κ1) is 18.7. The maximum absolute atomic E-state index is 12.8. The highest BCUT2D eigenvalue weighted by atomic mass is 32.2. The minimum absolute atomic E-state index is 0.134. The number of nitrogens with two attached hydrogens (primary N) is 2. The molecule has 0 aromatic heterocycles. The van der Waals surface area contributed by atoms with Gasteiger partial charge < -0.3 is 11.5 Å². The van der Waals surface area contributed by atoms with E-state index in [2.05, 4.69) is 9.71 Å². The van der Waals surface area contributed by atoms with Crippen molar-refractivity contribution in [2.45, 2.75) is 30.6 Å². The molecule has 0 heterocycles. The first-order valence-electron chi connectivity index (χ1n) is 8.98. The second-order valence-electron chi connectivity index (χ2n) is 6.98. The van der Waals surface area contributed by atoms with E-state index in [1.807, 2.05) is 30.3 Å². The molecule has 0 bridgehead atoms. The van der Waals surface area contributed by atoms with E-state index in [4.69, 9.17) is 11.5 Å². The first-order valence-corrected chi connectivity index (χ1v) is 10.5. The molecule has 0 aliphatic heterocycles. The lowest BCUT2D eigenvalue weighted by Crippen LogP contribution is -2.32. The topological polar surface area (TPSA) is 111 Å². The van der Waals surface area contributed by atoms with Crippen LogP contribution in [0.5, 0.6) is 0 Å². The van der Waals surface area contributed by atoms with Crippen molar-refractivity contribution >= 4 is 26.8 Å². The summed E-state index contributed by atoms with van der Waals surface area (Å²) < 4.78 is 28.4. The Labute approximate surface area is 154 Å². The average molecular weight is 375 g/mol. The smallest absolute Gasteiger partial charge is 0.241 e. The van der Waals surface area contributed by atoms with Crippen LogP contribution in [0, 0.1) is 11.8 Å². The van der Waals surface area contributed by atoms with Gasteiger partial charge in [0.1, 0.15) is 0 Å². The van der Waals surface area contributed by atoms with Crippen molar-refractivity contribution in [1.29, 1.82) is 0 Å². The predicted molar refractivity (Wildman–Crippen MR) is 105 cm³/mol. The minimum atomic E-state index is -3.53. The molecule has 0 atom stereocenters. The molecule has 1 saturated carbocycles. The van der Waals surface area contributed by atoms with Crippen molar-refractivity contribution in [3.63, 3.8) is 0 Å². The summed E-state index contributed by atoms with van der Waals surface area (Å²) in [5.41, 5.74) is 10.8. The van der Waals surface area contributed by atoms with Gasteiger partial charge >= 0.3 is 0 Å². The van der Waals surface area contributed by atoms with Crippen LogP contribution in [0.3, 0.4) is 0 Å². The third-order valence-electron chi connectivity index (χ3n) is 5.10. The molecule has 1 fully saturated rings. The molecule has 6 nitrogen and oxygen atoms in total. The number of fused-ring (bicyclic) bond motifs is 1. The van der Waals surface area contributed by atoms with Crippen LogP contribution in [0.15, 0.2) is 52.4 Å². The van der Waals surface area contributed by atoms with Gasteiger partial charge in [-0.25, -0.2) is 13.1 Å². The van der Waals surface area contributed by atoms with E-state index in [1.165, 1.54) is 0 Å². The molecule has 2 aromatic rings. The molecular weight excluding hydrogens is 348 g/mol. The summed E-state index contributed by atoms with van der Waals surface area (Å²) in [4.78, 5) is 4.43. The molecule has 0 spiro atoms. The van der Waals surface area contributed by atoms with Crippen LogP contribution in [-0.2, 0) is 10.0 Å². The highest BCUT2D eigenvalue weighted by Crippen LogP contribution is 2.29. The molecule has 1 aliphatic rings. The monoisotopic (exact) mass is 374 g/mol. The van der Waals surface area contributed by atoms with Crippen molar-refractivity contribution in [2.75, 3.05) is 13.1 Å². The van der Waals surface area contributed by atoms with Gasteiger partial charge in [0.05, 0.1) is 4.90 Å². The van der Waals surface area contributed by atoms with Crippen LogP contribution >= 0.6 is 0 Å². The summed E-state index contributed by atoms with van der Waals surface area (Å²) in [6.45, 7) is 1.14. The third-order valence-corrected chi connectivity index (χ3v) is 6.58. The van der Waals surface area contributed by atoms with Crippen molar-refractivity contribution in [3.8, 4) is 0 Å². The van der Waals surface area contributed by atoms with Crippen molar-refractivity contribution < 1.29 is 8.42 Å². The fourth-order valence-electron chi connectivity index (χ4n) is 3.59. The number of benzene rings is 2. The average Bonchev–Trinajstić information content (AvgIpc) is 2.65. The molecule has 26 heavy (non-hydrogen) atoms. The molecule has 140 valence electrons. The lowest BCUT2D eigenvalue weighted by molar-refractivity contribution is 0.280. The van der Waals surface area contributed by atoms with E-state index in [9.17, 15) is 8.42 Å². The Morgan fingerprint density at radius 3 is 2.38 bits per heavy atom. The zero-order valence-electron chi connectivity index (χ0n) is 14.8. The van der Waals surface area contributed by atoms with Crippen LogP contribution in [0.2, 0.25) is 0 Å². The molecule has 1 aliphatic carbocycles. The van der Waals surface area contributed by atoms with Crippen LogP contribution in [-0.4, -0.2) is 27.5 Å². The van der Waals surface area contributed by atoms with Gasteiger partial charge in [0.15, 0.2) is 5.96 Å². The molecule has 5 N–H and O–H groups in total. The molecule has 0 unspecified atom stereocenters. The summed E-state index contributed by atoms with van der Waals surface area (Å²) in [7, 11) is -3.53. The zero-order valence-corrected chi connectivity index (χ0v) is 15.6. The molecule has 2 aromatic carbocycles. The van der Waals surface area contributed by atoms with E-state index in [1.54, 1.807) is 12.1 Å². The highest BCUT2D eigenvalue weighted by molar-refractivity contribution is 7.89. The number of nitrogens with one attached hydrogen (secondary N) is 1. The van der Waals surface area contributed by atoms with Crippen molar-refractivity contribution in [1.82, 2.24) is 4.72 Å². The summed E-state index contributed by atoms with van der Waals surface area (Å²) in [6.07, 6.45) is 4.03. The lowest BCUT2D eigenvalue weighted by Gasteiger charge is -2.27. The predicted octanol–water partition coefficient (Wildman–Crippen LogP) is 2.20. The van der Waals surface area contributed by atoms with Crippen LogP contribution < -0.4 is 16.2 Å². The number of aliphatic imine (C=N–C) groups is 1. The van der Waals surface area contributed by atoms with Gasteiger partial charge in [-0.3, -0.25) is 4.99 Å². The van der Waals surface area contributed by atoms with Gasteiger partial charge in [0.2, 0.25) is 10.0 Å². The maximum Gasteiger partial charge on any atom is 0.241 e. The Morgan fingerprint density at radius 2 is 1.65 bits per heavy atom. The van der Waals surface area contributed by atoms with Crippen LogP contribution in [0.4, 0.5) is 0 Å². The molecule has 0 radical (unpaired) electrons. The van der Waals surface area contributed by atoms with Gasteiger partial charge in [0, 0.05) is 18.5 Å². The quantitative estimate of drug-likeness (QED) is 0.532. The van der Waals surface area contributed by atoms with E-state index >= 15 is 0 Å². The Morgan fingerprint density at radius 1 is 1.00 bits per heavy atom. The van der Waals surface area contributed by atoms with Crippen molar-refractivity contribution in [3.05, 3.63) is 42.5 Å². The fourth-order valence-corrected chi connectivity index (χ4v) is 4.93. The fraction of sp³-hybridized carbons (Fsp3) is 0.421. The molecule has 3 rings (SSSR count). The maximum atomic E-state index is 12.8. The SMILES string of the molecule is NC(N)=NCC1CCC(CNS(=O)(=O)c2cccc3ccccc23)CC1. The minimum Gasteiger partial charge on any atom is -0.370 e. The number of hydrogen-bond acceptors (Lipinski definition) is 3. The second-order valence-corrected chi connectivity index (χ2v) is 8.72. The molecular formula is C19H26N4O2S. The van der Waals surface area contributed by atoms with E-state index in [-0.39, 0.29) is 5.96 Å². The Kier molecular flexibility index (Phi) is 5.78. The summed E-state index contributed by atoms with van der Waals surface area (Å²) in [5, 5.41) is 1.68. The molecule has 7 heteroatoms. The Bertz CT molecular complexity index is 878. The number of sulfonamides is 1. The number of guanidine groups is 1. The van der Waals surface area contributed by atoms with Crippen LogP contribution in [0.1, 0.15) is 25.7 Å². The first-order chi connectivity index (χ1) is 12.5. The number of hydrogen-bond donors (Lipinski definition) is 3. The summed E-state index contributed by atoms with van der Waals surface area (Å²) in [6, 6.07) is 12.9. The van der Waals surface area contributed by atoms with Crippen LogP contribution in [0.25, 0.3) is 10.8 Å². The normalized spacial score (nSPS) is 20.8. The molecule has 0 saturated heterocycles. The van der Waals surface area contributed by atoms with Gasteiger partial charge in [-0.05, 0) is 49.0 Å². The summed E-state index contributed by atoms with van der Waals surface area (Å²) in [5.74, 6) is 0.980. The van der Waals surface area contributed by atoms with Gasteiger partial charge in [-0.15, -0.1) is 0 Å². The van der Waals surface area contributed by atoms with E-state index in [0.717, 1.165) is 36.5 Å².